The average Bonchev–Trinajstić information content (AvgIpc) is 3.17. The number of ether oxygens (including phenoxy) is 1. The molecule has 1 heterocycles. The Morgan fingerprint density at radius 1 is 1.06 bits per heavy atom. The van der Waals surface area contributed by atoms with Crippen molar-refractivity contribution in [3.63, 3.8) is 0 Å². The van der Waals surface area contributed by atoms with E-state index in [2.05, 4.69) is 11.5 Å². The maximum absolute atomic E-state index is 12.1. The average molecular weight is 443 g/mol. The van der Waals surface area contributed by atoms with Gasteiger partial charge in [-0.3, -0.25) is 0 Å². The zero-order chi connectivity index (χ0) is 23.5. The Morgan fingerprint density at radius 2 is 1.79 bits per heavy atom. The van der Waals surface area contributed by atoms with Crippen LogP contribution in [-0.4, -0.2) is 33.7 Å². The summed E-state index contributed by atoms with van der Waals surface area (Å²) in [6.45, 7) is 4.58. The van der Waals surface area contributed by atoms with Gasteiger partial charge in [0.1, 0.15) is 5.82 Å². The van der Waals surface area contributed by atoms with E-state index in [1.165, 1.54) is 7.11 Å². The summed E-state index contributed by atoms with van der Waals surface area (Å²) in [7, 11) is 1.38. The molecule has 0 spiro atoms. The number of carboxylic acids is 1. The number of aromatic carboxylic acids is 1. The highest BCUT2D eigenvalue weighted by Crippen LogP contribution is 2.27. The number of fused-ring (bicyclic) bond motifs is 1. The van der Waals surface area contributed by atoms with Crippen LogP contribution >= 0.6 is 0 Å². The fourth-order valence-corrected chi connectivity index (χ4v) is 4.15. The van der Waals surface area contributed by atoms with E-state index in [4.69, 9.17) is 9.72 Å². The van der Waals surface area contributed by atoms with Gasteiger partial charge < -0.3 is 14.4 Å². The minimum absolute atomic E-state index is 0.263. The monoisotopic (exact) mass is 442 g/mol. The van der Waals surface area contributed by atoms with Crippen molar-refractivity contribution in [3.8, 4) is 11.1 Å². The number of rotatable bonds is 7. The number of carboxylic acid groups (broad SMARTS) is 1. The van der Waals surface area contributed by atoms with Crippen molar-refractivity contribution in [1.29, 1.82) is 0 Å². The van der Waals surface area contributed by atoms with Gasteiger partial charge in [0, 0.05) is 13.0 Å². The maximum Gasteiger partial charge on any atom is 0.338 e. The molecule has 0 saturated heterocycles. The molecule has 0 aliphatic rings. The Bertz CT molecular complexity index is 1340. The van der Waals surface area contributed by atoms with Crippen LogP contribution in [-0.2, 0) is 17.7 Å². The summed E-state index contributed by atoms with van der Waals surface area (Å²) in [6.07, 6.45) is 1.75. The molecule has 0 aliphatic heterocycles. The molecule has 0 radical (unpaired) electrons. The van der Waals surface area contributed by atoms with Crippen LogP contribution in [0.1, 0.15) is 51.0 Å². The number of carbonyl (C=O) groups excluding carboxylic acids is 1. The van der Waals surface area contributed by atoms with E-state index in [1.807, 2.05) is 49.4 Å². The molecule has 6 heteroatoms. The minimum atomic E-state index is -0.946. The number of imidazole rings is 1. The van der Waals surface area contributed by atoms with Gasteiger partial charge in [-0.25, -0.2) is 14.6 Å². The third-order valence-electron chi connectivity index (χ3n) is 5.78. The number of carbonyl (C=O) groups is 2. The number of methoxy groups -OCH3 is 1. The van der Waals surface area contributed by atoms with Crippen molar-refractivity contribution in [1.82, 2.24) is 9.55 Å². The lowest BCUT2D eigenvalue weighted by molar-refractivity contribution is 0.0600. The van der Waals surface area contributed by atoms with Gasteiger partial charge in [0.15, 0.2) is 0 Å². The summed E-state index contributed by atoms with van der Waals surface area (Å²) in [6, 6.07) is 18.8. The first kappa shape index (κ1) is 22.3. The van der Waals surface area contributed by atoms with Gasteiger partial charge in [0.05, 0.1) is 29.3 Å². The van der Waals surface area contributed by atoms with Crippen LogP contribution in [0, 0.1) is 6.92 Å². The highest BCUT2D eigenvalue weighted by atomic mass is 16.5. The molecular formula is C27H26N2O4. The summed E-state index contributed by atoms with van der Waals surface area (Å²) >= 11 is 0. The first-order valence-electron chi connectivity index (χ1n) is 10.9. The summed E-state index contributed by atoms with van der Waals surface area (Å²) in [5, 5.41) is 9.52. The first-order valence-corrected chi connectivity index (χ1v) is 10.9. The molecule has 4 rings (SSSR count). The lowest BCUT2D eigenvalue weighted by Crippen LogP contribution is -2.06. The van der Waals surface area contributed by atoms with Crippen LogP contribution in [0.25, 0.3) is 22.2 Å². The van der Waals surface area contributed by atoms with E-state index in [0.717, 1.165) is 52.0 Å². The normalized spacial score (nSPS) is 11.0. The number of aromatic nitrogens is 2. The SMILES string of the molecule is CCCc1nc2c(C)cc(C(=O)O)cc2n1Cc1ccc(-c2ccccc2C(=O)OC)cc1. The smallest absolute Gasteiger partial charge is 0.338 e. The Hall–Kier alpha value is -3.93. The van der Waals surface area contributed by atoms with Crippen molar-refractivity contribution >= 4 is 23.0 Å². The summed E-state index contributed by atoms with van der Waals surface area (Å²) in [4.78, 5) is 28.6. The number of hydrogen-bond donors (Lipinski definition) is 1. The van der Waals surface area contributed by atoms with Crippen LogP contribution < -0.4 is 0 Å². The van der Waals surface area contributed by atoms with E-state index in [1.54, 1.807) is 18.2 Å². The van der Waals surface area contributed by atoms with E-state index >= 15 is 0 Å². The van der Waals surface area contributed by atoms with E-state index in [-0.39, 0.29) is 11.5 Å². The van der Waals surface area contributed by atoms with Crippen molar-refractivity contribution in [3.05, 3.63) is 88.7 Å². The van der Waals surface area contributed by atoms with E-state index in [0.29, 0.717) is 12.1 Å². The van der Waals surface area contributed by atoms with Gasteiger partial charge in [-0.1, -0.05) is 49.4 Å². The van der Waals surface area contributed by atoms with Gasteiger partial charge >= 0.3 is 11.9 Å². The standard InChI is InChI=1S/C27H26N2O4/c1-4-7-24-28-25-17(2)14-20(26(30)31)15-23(25)29(24)16-18-10-12-19(13-11-18)21-8-5-6-9-22(21)27(32)33-3/h5-6,8-15H,4,7,16H2,1-3H3,(H,30,31). The highest BCUT2D eigenvalue weighted by Gasteiger charge is 2.16. The number of nitrogens with zero attached hydrogens (tertiary/aromatic N) is 2. The largest absolute Gasteiger partial charge is 0.478 e. The molecule has 0 saturated carbocycles. The van der Waals surface area contributed by atoms with Crippen LogP contribution in [0.5, 0.6) is 0 Å². The fraction of sp³-hybridized carbons (Fsp3) is 0.222. The number of hydrogen-bond acceptors (Lipinski definition) is 4. The first-order chi connectivity index (χ1) is 15.9. The second-order valence-corrected chi connectivity index (χ2v) is 8.06. The third kappa shape index (κ3) is 4.37. The Kier molecular flexibility index (Phi) is 6.27. The Balaban J connectivity index is 1.73. The molecule has 0 atom stereocenters. The quantitative estimate of drug-likeness (QED) is 0.382. The molecule has 0 amide bonds. The predicted octanol–water partition coefficient (Wildman–Crippen LogP) is 5.50. The molecule has 0 bridgehead atoms. The zero-order valence-electron chi connectivity index (χ0n) is 19.0. The van der Waals surface area contributed by atoms with Crippen LogP contribution in [0.4, 0.5) is 0 Å². The third-order valence-corrected chi connectivity index (χ3v) is 5.78. The topological polar surface area (TPSA) is 81.4 Å². The molecule has 6 nitrogen and oxygen atoms in total. The molecule has 33 heavy (non-hydrogen) atoms. The van der Waals surface area contributed by atoms with E-state index in [9.17, 15) is 14.7 Å². The molecule has 0 fully saturated rings. The van der Waals surface area contributed by atoms with Crippen LogP contribution in [0.2, 0.25) is 0 Å². The van der Waals surface area contributed by atoms with Crippen molar-refractivity contribution in [2.45, 2.75) is 33.2 Å². The molecule has 0 unspecified atom stereocenters. The molecular weight excluding hydrogens is 416 g/mol. The lowest BCUT2D eigenvalue weighted by Gasteiger charge is -2.12. The number of benzene rings is 3. The minimum Gasteiger partial charge on any atom is -0.478 e. The molecule has 4 aromatic rings. The molecule has 1 aromatic heterocycles. The lowest BCUT2D eigenvalue weighted by atomic mass is 9.98. The molecule has 3 aromatic carbocycles. The maximum atomic E-state index is 12.1. The van der Waals surface area contributed by atoms with Gasteiger partial charge in [-0.05, 0) is 53.8 Å². The predicted molar refractivity (Wildman–Crippen MR) is 128 cm³/mol. The summed E-state index contributed by atoms with van der Waals surface area (Å²) in [5.41, 5.74) is 6.11. The fourth-order valence-electron chi connectivity index (χ4n) is 4.15. The zero-order valence-corrected chi connectivity index (χ0v) is 19.0. The van der Waals surface area contributed by atoms with Crippen LogP contribution in [0.3, 0.4) is 0 Å². The van der Waals surface area contributed by atoms with Gasteiger partial charge in [-0.15, -0.1) is 0 Å². The van der Waals surface area contributed by atoms with Gasteiger partial charge in [0.25, 0.3) is 0 Å². The molecule has 168 valence electrons. The number of aryl methyl sites for hydroxylation is 2. The molecule has 1 N–H and O–H groups in total. The summed E-state index contributed by atoms with van der Waals surface area (Å²) in [5.74, 6) is -0.370. The van der Waals surface area contributed by atoms with Gasteiger partial charge in [-0.2, -0.15) is 0 Å². The van der Waals surface area contributed by atoms with Gasteiger partial charge in [0.2, 0.25) is 0 Å². The Labute approximate surface area is 192 Å². The van der Waals surface area contributed by atoms with Crippen molar-refractivity contribution in [2.24, 2.45) is 0 Å². The van der Waals surface area contributed by atoms with Crippen molar-refractivity contribution < 1.29 is 19.4 Å². The van der Waals surface area contributed by atoms with Crippen LogP contribution in [0.15, 0.2) is 60.7 Å². The Morgan fingerprint density at radius 3 is 2.45 bits per heavy atom. The second-order valence-electron chi connectivity index (χ2n) is 8.06. The molecule has 0 aliphatic carbocycles. The van der Waals surface area contributed by atoms with Crippen molar-refractivity contribution in [2.75, 3.05) is 7.11 Å². The number of esters is 1. The second kappa shape index (κ2) is 9.28. The highest BCUT2D eigenvalue weighted by molar-refractivity contribution is 5.97. The van der Waals surface area contributed by atoms with E-state index < -0.39 is 5.97 Å². The summed E-state index contributed by atoms with van der Waals surface area (Å²) < 4.78 is 7.02.